The van der Waals surface area contributed by atoms with Crippen molar-refractivity contribution in [3.05, 3.63) is 11.4 Å². The van der Waals surface area contributed by atoms with E-state index in [1.807, 2.05) is 27.9 Å². The number of aryl methyl sites for hydroxylation is 2. The third-order valence-corrected chi connectivity index (χ3v) is 2.84. The second kappa shape index (κ2) is 6.39. The number of hydrogen-bond donors (Lipinski definition) is 1. The summed E-state index contributed by atoms with van der Waals surface area (Å²) in [4.78, 5) is 22.2. The maximum atomic E-state index is 11.8. The standard InChI is InChI=1S/C13H17ClN4O/c1-6-7-10(14)12(19)17-11-8(2)15-13(18(4)5)16-9(11)3/h1,10H,7H2,2-5H3,(H,17,19). The second-order valence-corrected chi connectivity index (χ2v) is 4.86. The molecule has 0 saturated heterocycles. The van der Waals surface area contributed by atoms with E-state index in [1.54, 1.807) is 4.90 Å². The molecular formula is C13H17ClN4O. The molecule has 1 heterocycles. The van der Waals surface area contributed by atoms with Crippen LogP contribution in [-0.4, -0.2) is 35.3 Å². The van der Waals surface area contributed by atoms with E-state index in [0.717, 1.165) is 0 Å². The number of aromatic nitrogens is 2. The van der Waals surface area contributed by atoms with Crippen LogP contribution in [0, 0.1) is 26.2 Å². The summed E-state index contributed by atoms with van der Waals surface area (Å²) in [6, 6.07) is 0. The van der Waals surface area contributed by atoms with E-state index in [2.05, 4.69) is 21.2 Å². The summed E-state index contributed by atoms with van der Waals surface area (Å²) >= 11 is 5.86. The Morgan fingerprint density at radius 3 is 2.37 bits per heavy atom. The molecular weight excluding hydrogens is 264 g/mol. The molecule has 0 spiro atoms. The van der Waals surface area contributed by atoms with Gasteiger partial charge < -0.3 is 10.2 Å². The van der Waals surface area contributed by atoms with E-state index < -0.39 is 5.38 Å². The van der Waals surface area contributed by atoms with Crippen LogP contribution in [-0.2, 0) is 4.79 Å². The normalized spacial score (nSPS) is 11.6. The van der Waals surface area contributed by atoms with Crippen LogP contribution in [0.2, 0.25) is 0 Å². The first-order valence-corrected chi connectivity index (χ1v) is 6.21. The highest BCUT2D eigenvalue weighted by molar-refractivity contribution is 6.32. The van der Waals surface area contributed by atoms with Gasteiger partial charge in [-0.2, -0.15) is 0 Å². The fraction of sp³-hybridized carbons (Fsp3) is 0.462. The predicted octanol–water partition coefficient (Wildman–Crippen LogP) is 1.73. The highest BCUT2D eigenvalue weighted by atomic mass is 35.5. The third-order valence-electron chi connectivity index (χ3n) is 2.49. The molecule has 1 aromatic heterocycles. The van der Waals surface area contributed by atoms with Crippen molar-refractivity contribution < 1.29 is 4.79 Å². The molecule has 0 aliphatic rings. The lowest BCUT2D eigenvalue weighted by atomic mass is 10.2. The van der Waals surface area contributed by atoms with Crippen LogP contribution in [0.3, 0.4) is 0 Å². The van der Waals surface area contributed by atoms with Gasteiger partial charge in [-0.1, -0.05) is 0 Å². The van der Waals surface area contributed by atoms with Crippen LogP contribution in [0.4, 0.5) is 11.6 Å². The molecule has 0 aliphatic carbocycles. The van der Waals surface area contributed by atoms with Gasteiger partial charge in [-0.3, -0.25) is 4.79 Å². The zero-order valence-corrected chi connectivity index (χ0v) is 12.2. The highest BCUT2D eigenvalue weighted by Crippen LogP contribution is 2.20. The number of carbonyl (C=O) groups excluding carboxylic acids is 1. The number of alkyl halides is 1. The SMILES string of the molecule is C#CCC(Cl)C(=O)Nc1c(C)nc(N(C)C)nc1C. The van der Waals surface area contributed by atoms with Gasteiger partial charge in [0.2, 0.25) is 11.9 Å². The fourth-order valence-electron chi connectivity index (χ4n) is 1.48. The molecule has 1 N–H and O–H groups in total. The lowest BCUT2D eigenvalue weighted by molar-refractivity contribution is -0.115. The molecule has 5 nitrogen and oxygen atoms in total. The Balaban J connectivity index is 2.97. The van der Waals surface area contributed by atoms with Crippen molar-refractivity contribution in [3.8, 4) is 12.3 Å². The maximum Gasteiger partial charge on any atom is 0.243 e. The van der Waals surface area contributed by atoms with Gasteiger partial charge in [0.25, 0.3) is 0 Å². The number of halogens is 1. The largest absolute Gasteiger partial charge is 0.347 e. The molecule has 0 fully saturated rings. The van der Waals surface area contributed by atoms with Crippen LogP contribution >= 0.6 is 11.6 Å². The van der Waals surface area contributed by atoms with E-state index in [-0.39, 0.29) is 12.3 Å². The van der Waals surface area contributed by atoms with Crippen LogP contribution in [0.15, 0.2) is 0 Å². The van der Waals surface area contributed by atoms with Gasteiger partial charge in [0, 0.05) is 20.5 Å². The first kappa shape index (κ1) is 15.3. The van der Waals surface area contributed by atoms with Crippen molar-refractivity contribution >= 4 is 29.1 Å². The van der Waals surface area contributed by atoms with Crippen LogP contribution < -0.4 is 10.2 Å². The summed E-state index contributed by atoms with van der Waals surface area (Å²) in [5.41, 5.74) is 1.96. The molecule has 0 bridgehead atoms. The lowest BCUT2D eigenvalue weighted by Gasteiger charge is -2.16. The van der Waals surface area contributed by atoms with Gasteiger partial charge in [-0.25, -0.2) is 9.97 Å². The lowest BCUT2D eigenvalue weighted by Crippen LogP contribution is -2.25. The zero-order chi connectivity index (χ0) is 14.6. The van der Waals surface area contributed by atoms with Gasteiger partial charge >= 0.3 is 0 Å². The second-order valence-electron chi connectivity index (χ2n) is 4.33. The van der Waals surface area contributed by atoms with Crippen molar-refractivity contribution in [3.63, 3.8) is 0 Å². The number of anilines is 2. The van der Waals surface area contributed by atoms with Crippen LogP contribution in [0.5, 0.6) is 0 Å². The van der Waals surface area contributed by atoms with Gasteiger partial charge in [-0.05, 0) is 13.8 Å². The van der Waals surface area contributed by atoms with Gasteiger partial charge in [-0.15, -0.1) is 23.9 Å². The Labute approximate surface area is 118 Å². The smallest absolute Gasteiger partial charge is 0.243 e. The fourth-order valence-corrected chi connectivity index (χ4v) is 1.62. The molecule has 0 aromatic carbocycles. The van der Waals surface area contributed by atoms with Crippen molar-refractivity contribution in [2.75, 3.05) is 24.3 Å². The molecule has 6 heteroatoms. The highest BCUT2D eigenvalue weighted by Gasteiger charge is 2.17. The molecule has 1 atom stereocenters. The Morgan fingerprint density at radius 2 is 1.95 bits per heavy atom. The van der Waals surface area contributed by atoms with Crippen molar-refractivity contribution in [2.24, 2.45) is 0 Å². The predicted molar refractivity (Wildman–Crippen MR) is 77.6 cm³/mol. The average Bonchev–Trinajstić information content (AvgIpc) is 2.33. The Hall–Kier alpha value is -1.80. The monoisotopic (exact) mass is 280 g/mol. The topological polar surface area (TPSA) is 58.1 Å². The van der Waals surface area contributed by atoms with Crippen LogP contribution in [0.25, 0.3) is 0 Å². The molecule has 1 rings (SSSR count). The number of nitrogens with zero attached hydrogens (tertiary/aromatic N) is 3. The molecule has 1 unspecified atom stereocenters. The zero-order valence-electron chi connectivity index (χ0n) is 11.5. The van der Waals surface area contributed by atoms with Crippen molar-refractivity contribution in [1.82, 2.24) is 9.97 Å². The average molecular weight is 281 g/mol. The van der Waals surface area contributed by atoms with E-state index in [0.29, 0.717) is 23.0 Å². The Bertz CT molecular complexity index is 499. The quantitative estimate of drug-likeness (QED) is 0.674. The van der Waals surface area contributed by atoms with Gasteiger partial charge in [0.05, 0.1) is 17.1 Å². The Kier molecular flexibility index (Phi) is 5.13. The molecule has 0 radical (unpaired) electrons. The third kappa shape index (κ3) is 3.83. The number of nitrogens with one attached hydrogen (secondary N) is 1. The minimum atomic E-state index is -0.752. The number of terminal acetylenes is 1. The summed E-state index contributed by atoms with van der Waals surface area (Å²) in [5.74, 6) is 2.61. The number of amides is 1. The van der Waals surface area contributed by atoms with E-state index in [1.165, 1.54) is 0 Å². The summed E-state index contributed by atoms with van der Waals surface area (Å²) < 4.78 is 0. The maximum absolute atomic E-state index is 11.8. The van der Waals surface area contributed by atoms with E-state index in [9.17, 15) is 4.79 Å². The molecule has 0 saturated carbocycles. The minimum Gasteiger partial charge on any atom is -0.347 e. The number of carbonyl (C=O) groups is 1. The van der Waals surface area contributed by atoms with Crippen molar-refractivity contribution in [2.45, 2.75) is 25.6 Å². The molecule has 1 aromatic rings. The van der Waals surface area contributed by atoms with Crippen LogP contribution in [0.1, 0.15) is 17.8 Å². The number of rotatable bonds is 4. The first-order valence-electron chi connectivity index (χ1n) is 5.77. The van der Waals surface area contributed by atoms with Crippen molar-refractivity contribution in [1.29, 1.82) is 0 Å². The van der Waals surface area contributed by atoms with E-state index >= 15 is 0 Å². The summed E-state index contributed by atoms with van der Waals surface area (Å²) in [5, 5.41) is 1.97. The molecule has 1 amide bonds. The number of hydrogen-bond acceptors (Lipinski definition) is 4. The summed E-state index contributed by atoms with van der Waals surface area (Å²) in [6.45, 7) is 3.61. The molecule has 19 heavy (non-hydrogen) atoms. The summed E-state index contributed by atoms with van der Waals surface area (Å²) in [7, 11) is 3.71. The first-order chi connectivity index (χ1) is 8.86. The molecule has 102 valence electrons. The summed E-state index contributed by atoms with van der Waals surface area (Å²) in [6.07, 6.45) is 5.31. The molecule has 0 aliphatic heterocycles. The Morgan fingerprint density at radius 1 is 1.42 bits per heavy atom. The van der Waals surface area contributed by atoms with E-state index in [4.69, 9.17) is 18.0 Å². The van der Waals surface area contributed by atoms with Gasteiger partial charge in [0.1, 0.15) is 5.38 Å². The van der Waals surface area contributed by atoms with Gasteiger partial charge in [0.15, 0.2) is 0 Å². The minimum absolute atomic E-state index is 0.183.